The summed E-state index contributed by atoms with van der Waals surface area (Å²) in [5, 5.41) is 0.977. The van der Waals surface area contributed by atoms with E-state index in [0.29, 0.717) is 5.75 Å². The van der Waals surface area contributed by atoms with Crippen molar-refractivity contribution in [2.75, 3.05) is 0 Å². The van der Waals surface area contributed by atoms with Gasteiger partial charge >= 0.3 is 0 Å². The van der Waals surface area contributed by atoms with Gasteiger partial charge in [0.1, 0.15) is 5.75 Å². The highest BCUT2D eigenvalue weighted by atomic mass is 16.5. The van der Waals surface area contributed by atoms with E-state index in [2.05, 4.69) is 4.98 Å². The standard InChI is InChI=1S/C13H14N2O2/c1-8-3-4-10-6-11(7-15-12(10)5-8)17-9(2)13(14)16/h3-7,9H,1-2H3,(H2,14,16). The van der Waals surface area contributed by atoms with Gasteiger partial charge in [-0.25, -0.2) is 0 Å². The van der Waals surface area contributed by atoms with Crippen molar-refractivity contribution < 1.29 is 9.53 Å². The van der Waals surface area contributed by atoms with E-state index in [4.69, 9.17) is 10.5 Å². The van der Waals surface area contributed by atoms with Crippen LogP contribution in [0.3, 0.4) is 0 Å². The van der Waals surface area contributed by atoms with Crippen LogP contribution in [0.5, 0.6) is 5.75 Å². The summed E-state index contributed by atoms with van der Waals surface area (Å²) in [6.07, 6.45) is 0.945. The van der Waals surface area contributed by atoms with Crippen LogP contribution in [0.2, 0.25) is 0 Å². The number of carbonyl (C=O) groups is 1. The molecule has 2 rings (SSSR count). The molecular weight excluding hydrogens is 216 g/mol. The fourth-order valence-electron chi connectivity index (χ4n) is 1.54. The van der Waals surface area contributed by atoms with E-state index in [-0.39, 0.29) is 0 Å². The van der Waals surface area contributed by atoms with Crippen LogP contribution in [0.15, 0.2) is 30.5 Å². The van der Waals surface area contributed by atoms with Gasteiger partial charge in [0.2, 0.25) is 0 Å². The molecular formula is C13H14N2O2. The molecule has 0 aliphatic heterocycles. The van der Waals surface area contributed by atoms with Gasteiger partial charge in [0.15, 0.2) is 6.10 Å². The maximum absolute atomic E-state index is 10.9. The number of ether oxygens (including phenoxy) is 1. The Kier molecular flexibility index (Phi) is 2.95. The molecule has 1 aromatic carbocycles. The lowest BCUT2D eigenvalue weighted by Gasteiger charge is -2.11. The molecule has 2 N–H and O–H groups in total. The molecule has 1 aromatic heterocycles. The molecule has 0 saturated heterocycles. The predicted octanol–water partition coefficient (Wildman–Crippen LogP) is 1.80. The lowest BCUT2D eigenvalue weighted by molar-refractivity contribution is -0.123. The fraction of sp³-hybridized carbons (Fsp3) is 0.231. The van der Waals surface area contributed by atoms with Crippen molar-refractivity contribution in [3.05, 3.63) is 36.0 Å². The summed E-state index contributed by atoms with van der Waals surface area (Å²) in [7, 11) is 0. The van der Waals surface area contributed by atoms with Crippen molar-refractivity contribution in [3.8, 4) is 5.75 Å². The first-order valence-electron chi connectivity index (χ1n) is 5.38. The second kappa shape index (κ2) is 4.41. The average Bonchev–Trinajstić information content (AvgIpc) is 2.29. The van der Waals surface area contributed by atoms with Gasteiger partial charge in [0.05, 0.1) is 11.7 Å². The van der Waals surface area contributed by atoms with Gasteiger partial charge in [-0.1, -0.05) is 12.1 Å². The number of carbonyl (C=O) groups excluding carboxylic acids is 1. The van der Waals surface area contributed by atoms with Gasteiger partial charge in [-0.3, -0.25) is 9.78 Å². The summed E-state index contributed by atoms with van der Waals surface area (Å²) in [6, 6.07) is 7.82. The van der Waals surface area contributed by atoms with Crippen molar-refractivity contribution in [2.45, 2.75) is 20.0 Å². The molecule has 0 fully saturated rings. The molecule has 1 heterocycles. The SMILES string of the molecule is Cc1ccc2cc(OC(C)C(N)=O)cnc2c1. The number of nitrogens with zero attached hydrogens (tertiary/aromatic N) is 1. The molecule has 0 spiro atoms. The van der Waals surface area contributed by atoms with Gasteiger partial charge in [-0.05, 0) is 31.5 Å². The molecule has 0 bridgehead atoms. The Morgan fingerprint density at radius 2 is 2.18 bits per heavy atom. The zero-order valence-corrected chi connectivity index (χ0v) is 9.81. The van der Waals surface area contributed by atoms with E-state index in [1.807, 2.05) is 31.2 Å². The Morgan fingerprint density at radius 3 is 2.88 bits per heavy atom. The number of nitrogens with two attached hydrogens (primary N) is 1. The lowest BCUT2D eigenvalue weighted by Crippen LogP contribution is -2.30. The van der Waals surface area contributed by atoms with Crippen LogP contribution in [0, 0.1) is 6.92 Å². The molecule has 0 saturated carbocycles. The number of pyridine rings is 1. The van der Waals surface area contributed by atoms with Gasteiger partial charge in [-0.2, -0.15) is 0 Å². The van der Waals surface area contributed by atoms with Gasteiger partial charge < -0.3 is 10.5 Å². The first-order chi connectivity index (χ1) is 8.06. The van der Waals surface area contributed by atoms with E-state index in [1.165, 1.54) is 0 Å². The topological polar surface area (TPSA) is 65.2 Å². The molecule has 4 heteroatoms. The Bertz CT molecular complexity index is 566. The van der Waals surface area contributed by atoms with Crippen LogP contribution in [-0.4, -0.2) is 17.0 Å². The largest absolute Gasteiger partial charge is 0.479 e. The van der Waals surface area contributed by atoms with Crippen LogP contribution in [-0.2, 0) is 4.79 Å². The van der Waals surface area contributed by atoms with Crippen LogP contribution >= 0.6 is 0 Å². The Hall–Kier alpha value is -2.10. The van der Waals surface area contributed by atoms with Gasteiger partial charge in [0.25, 0.3) is 5.91 Å². The molecule has 1 amide bonds. The molecule has 0 aliphatic rings. The highest BCUT2D eigenvalue weighted by molar-refractivity contribution is 5.81. The van der Waals surface area contributed by atoms with E-state index in [0.717, 1.165) is 16.5 Å². The number of aryl methyl sites for hydroxylation is 1. The highest BCUT2D eigenvalue weighted by Crippen LogP contribution is 2.20. The summed E-state index contributed by atoms with van der Waals surface area (Å²) >= 11 is 0. The Balaban J connectivity index is 2.32. The lowest BCUT2D eigenvalue weighted by atomic mass is 10.1. The number of fused-ring (bicyclic) bond motifs is 1. The molecule has 88 valence electrons. The van der Waals surface area contributed by atoms with Crippen molar-refractivity contribution >= 4 is 16.8 Å². The third kappa shape index (κ3) is 2.53. The quantitative estimate of drug-likeness (QED) is 0.874. The number of rotatable bonds is 3. The van der Waals surface area contributed by atoms with Gasteiger partial charge in [-0.15, -0.1) is 0 Å². The molecule has 1 unspecified atom stereocenters. The molecule has 1 atom stereocenters. The maximum atomic E-state index is 10.9. The van der Waals surface area contributed by atoms with Crippen molar-refractivity contribution in [1.29, 1.82) is 0 Å². The molecule has 0 aliphatic carbocycles. The Labute approximate surface area is 99.4 Å². The third-order valence-electron chi connectivity index (χ3n) is 2.53. The summed E-state index contributed by atoms with van der Waals surface area (Å²) in [6.45, 7) is 3.63. The molecule has 0 radical (unpaired) electrons. The number of hydrogen-bond acceptors (Lipinski definition) is 3. The minimum absolute atomic E-state index is 0.492. The minimum atomic E-state index is -0.653. The fourth-order valence-corrected chi connectivity index (χ4v) is 1.54. The van der Waals surface area contributed by atoms with Crippen molar-refractivity contribution in [3.63, 3.8) is 0 Å². The van der Waals surface area contributed by atoms with Crippen molar-refractivity contribution in [2.24, 2.45) is 5.73 Å². The van der Waals surface area contributed by atoms with E-state index < -0.39 is 12.0 Å². The Morgan fingerprint density at radius 1 is 1.41 bits per heavy atom. The second-order valence-corrected chi connectivity index (χ2v) is 4.03. The number of amides is 1. The first kappa shape index (κ1) is 11.4. The van der Waals surface area contributed by atoms with Crippen LogP contribution in [0.1, 0.15) is 12.5 Å². The monoisotopic (exact) mass is 230 g/mol. The second-order valence-electron chi connectivity index (χ2n) is 4.03. The van der Waals surface area contributed by atoms with Crippen LogP contribution in [0.25, 0.3) is 10.9 Å². The highest BCUT2D eigenvalue weighted by Gasteiger charge is 2.10. The first-order valence-corrected chi connectivity index (χ1v) is 5.38. The zero-order chi connectivity index (χ0) is 12.4. The van der Waals surface area contributed by atoms with E-state index >= 15 is 0 Å². The summed E-state index contributed by atoms with van der Waals surface area (Å²) in [5.41, 5.74) is 7.20. The molecule has 17 heavy (non-hydrogen) atoms. The smallest absolute Gasteiger partial charge is 0.258 e. The van der Waals surface area contributed by atoms with E-state index in [9.17, 15) is 4.79 Å². The normalized spacial score (nSPS) is 12.4. The number of aromatic nitrogens is 1. The van der Waals surface area contributed by atoms with E-state index in [1.54, 1.807) is 13.1 Å². The third-order valence-corrected chi connectivity index (χ3v) is 2.53. The molecule has 2 aromatic rings. The summed E-state index contributed by atoms with van der Waals surface area (Å²) < 4.78 is 5.38. The maximum Gasteiger partial charge on any atom is 0.258 e. The number of hydrogen-bond donors (Lipinski definition) is 1. The van der Waals surface area contributed by atoms with Crippen LogP contribution in [0.4, 0.5) is 0 Å². The number of benzene rings is 1. The number of primary amides is 1. The summed E-state index contributed by atoms with van der Waals surface area (Å²) in [5.74, 6) is 0.0571. The zero-order valence-electron chi connectivity index (χ0n) is 9.81. The molecule has 4 nitrogen and oxygen atoms in total. The summed E-state index contributed by atoms with van der Waals surface area (Å²) in [4.78, 5) is 15.2. The van der Waals surface area contributed by atoms with Crippen molar-refractivity contribution in [1.82, 2.24) is 4.98 Å². The van der Waals surface area contributed by atoms with Gasteiger partial charge in [0, 0.05) is 5.39 Å². The predicted molar refractivity (Wildman–Crippen MR) is 65.8 cm³/mol. The minimum Gasteiger partial charge on any atom is -0.479 e. The average molecular weight is 230 g/mol. The van der Waals surface area contributed by atoms with Crippen LogP contribution < -0.4 is 10.5 Å².